The van der Waals surface area contributed by atoms with Crippen molar-refractivity contribution in [2.75, 3.05) is 11.9 Å². The monoisotopic (exact) mass is 221 g/mol. The van der Waals surface area contributed by atoms with Gasteiger partial charge < -0.3 is 10.4 Å². The zero-order chi connectivity index (χ0) is 11.4. The Morgan fingerprint density at radius 3 is 3.06 bits per heavy atom. The Balaban J connectivity index is 1.89. The number of aromatic nitrogens is 4. The summed E-state index contributed by atoms with van der Waals surface area (Å²) >= 11 is 0. The van der Waals surface area contributed by atoms with Crippen LogP contribution in [0.3, 0.4) is 0 Å². The molecule has 0 radical (unpaired) electrons. The van der Waals surface area contributed by atoms with Crippen LogP contribution in [0.2, 0.25) is 0 Å². The summed E-state index contributed by atoms with van der Waals surface area (Å²) in [5.41, 5.74) is 1.91. The summed E-state index contributed by atoms with van der Waals surface area (Å²) in [7, 11) is 1.89. The van der Waals surface area contributed by atoms with Gasteiger partial charge in [0.15, 0.2) is 0 Å². The number of aryl methyl sites for hydroxylation is 1. The maximum atomic E-state index is 8.75. The van der Waals surface area contributed by atoms with Gasteiger partial charge in [0.05, 0.1) is 37.3 Å². The highest BCUT2D eigenvalue weighted by molar-refractivity contribution is 5.38. The lowest BCUT2D eigenvalue weighted by Gasteiger charge is -1.99. The number of hydrogen-bond acceptors (Lipinski definition) is 4. The minimum atomic E-state index is 0.0986. The standard InChI is InChI=1S/C10H15N5O/c1-14-3-2-9(13-14)6-11-10-7-12-15(8-10)4-5-16/h2-3,7-8,11,16H,4-6H2,1H3. The van der Waals surface area contributed by atoms with E-state index in [1.807, 2.05) is 25.5 Å². The summed E-state index contributed by atoms with van der Waals surface area (Å²) < 4.78 is 3.47. The van der Waals surface area contributed by atoms with Crippen molar-refractivity contribution in [2.24, 2.45) is 7.05 Å². The van der Waals surface area contributed by atoms with Crippen molar-refractivity contribution in [3.8, 4) is 0 Å². The summed E-state index contributed by atoms with van der Waals surface area (Å²) in [6.07, 6.45) is 5.50. The van der Waals surface area contributed by atoms with Crippen molar-refractivity contribution >= 4 is 5.69 Å². The third-order valence-corrected chi connectivity index (χ3v) is 2.20. The van der Waals surface area contributed by atoms with Crippen LogP contribution in [0.25, 0.3) is 0 Å². The Hall–Kier alpha value is -1.82. The molecule has 16 heavy (non-hydrogen) atoms. The van der Waals surface area contributed by atoms with Crippen molar-refractivity contribution in [3.63, 3.8) is 0 Å². The average Bonchev–Trinajstić information content (AvgIpc) is 2.85. The molecular weight excluding hydrogens is 206 g/mol. The molecule has 86 valence electrons. The molecule has 0 aliphatic heterocycles. The third-order valence-electron chi connectivity index (χ3n) is 2.20. The lowest BCUT2D eigenvalue weighted by atomic mass is 10.4. The zero-order valence-corrected chi connectivity index (χ0v) is 9.17. The highest BCUT2D eigenvalue weighted by atomic mass is 16.3. The lowest BCUT2D eigenvalue weighted by molar-refractivity contribution is 0.269. The van der Waals surface area contributed by atoms with E-state index in [4.69, 9.17) is 5.11 Å². The molecule has 0 spiro atoms. The molecule has 0 bridgehead atoms. The number of nitrogens with one attached hydrogen (secondary N) is 1. The van der Waals surface area contributed by atoms with Gasteiger partial charge >= 0.3 is 0 Å². The van der Waals surface area contributed by atoms with Crippen molar-refractivity contribution in [1.29, 1.82) is 0 Å². The largest absolute Gasteiger partial charge is 0.394 e. The van der Waals surface area contributed by atoms with E-state index in [1.54, 1.807) is 15.6 Å². The molecule has 0 saturated carbocycles. The molecule has 0 aromatic carbocycles. The van der Waals surface area contributed by atoms with Gasteiger partial charge in [0.1, 0.15) is 0 Å². The van der Waals surface area contributed by atoms with Gasteiger partial charge in [-0.2, -0.15) is 10.2 Å². The second-order valence-corrected chi connectivity index (χ2v) is 3.55. The molecule has 0 aliphatic carbocycles. The molecule has 0 amide bonds. The van der Waals surface area contributed by atoms with Crippen LogP contribution in [-0.4, -0.2) is 31.3 Å². The van der Waals surface area contributed by atoms with E-state index in [-0.39, 0.29) is 6.61 Å². The molecule has 6 nitrogen and oxygen atoms in total. The number of nitrogens with zero attached hydrogens (tertiary/aromatic N) is 4. The lowest BCUT2D eigenvalue weighted by Crippen LogP contribution is -2.02. The van der Waals surface area contributed by atoms with Crippen LogP contribution in [0, 0.1) is 0 Å². The van der Waals surface area contributed by atoms with Crippen LogP contribution in [0.5, 0.6) is 0 Å². The van der Waals surface area contributed by atoms with Gasteiger partial charge in [-0.25, -0.2) is 0 Å². The molecule has 2 aromatic heterocycles. The fourth-order valence-electron chi connectivity index (χ4n) is 1.43. The fraction of sp³-hybridized carbons (Fsp3) is 0.400. The van der Waals surface area contributed by atoms with Crippen LogP contribution >= 0.6 is 0 Å². The molecule has 2 heterocycles. The van der Waals surface area contributed by atoms with E-state index >= 15 is 0 Å². The van der Waals surface area contributed by atoms with Crippen LogP contribution < -0.4 is 5.32 Å². The molecule has 6 heteroatoms. The molecule has 0 atom stereocenters. The molecule has 0 fully saturated rings. The van der Waals surface area contributed by atoms with Gasteiger partial charge in [-0.3, -0.25) is 9.36 Å². The Kier molecular flexibility index (Phi) is 3.21. The topological polar surface area (TPSA) is 67.9 Å². The highest BCUT2D eigenvalue weighted by Gasteiger charge is 1.99. The molecule has 2 rings (SSSR count). The minimum absolute atomic E-state index is 0.0986. The van der Waals surface area contributed by atoms with E-state index in [9.17, 15) is 0 Å². The van der Waals surface area contributed by atoms with Crippen molar-refractivity contribution < 1.29 is 5.11 Å². The SMILES string of the molecule is Cn1ccc(CNc2cnn(CCO)c2)n1. The maximum absolute atomic E-state index is 8.75. The summed E-state index contributed by atoms with van der Waals surface area (Å²) in [5, 5.41) is 20.3. The van der Waals surface area contributed by atoms with Crippen LogP contribution in [0.1, 0.15) is 5.69 Å². The summed E-state index contributed by atoms with van der Waals surface area (Å²) in [6, 6.07) is 1.96. The van der Waals surface area contributed by atoms with Gasteiger partial charge in [0.25, 0.3) is 0 Å². The zero-order valence-electron chi connectivity index (χ0n) is 9.17. The van der Waals surface area contributed by atoms with Gasteiger partial charge in [-0.05, 0) is 6.07 Å². The van der Waals surface area contributed by atoms with Crippen LogP contribution in [0.4, 0.5) is 5.69 Å². The van der Waals surface area contributed by atoms with Crippen molar-refractivity contribution in [1.82, 2.24) is 19.6 Å². The van der Waals surface area contributed by atoms with Gasteiger partial charge in [-0.1, -0.05) is 0 Å². The van der Waals surface area contributed by atoms with Gasteiger partial charge in [0, 0.05) is 19.4 Å². The Bertz CT molecular complexity index is 448. The first-order valence-corrected chi connectivity index (χ1v) is 5.13. The number of rotatable bonds is 5. The second-order valence-electron chi connectivity index (χ2n) is 3.55. The first-order valence-electron chi connectivity index (χ1n) is 5.13. The Morgan fingerprint density at radius 2 is 2.38 bits per heavy atom. The smallest absolute Gasteiger partial charge is 0.0815 e. The molecule has 0 unspecified atom stereocenters. The van der Waals surface area contributed by atoms with E-state index in [0.717, 1.165) is 11.4 Å². The predicted molar refractivity (Wildman–Crippen MR) is 59.8 cm³/mol. The van der Waals surface area contributed by atoms with Crippen molar-refractivity contribution in [2.45, 2.75) is 13.1 Å². The first-order chi connectivity index (χ1) is 7.78. The Morgan fingerprint density at radius 1 is 1.50 bits per heavy atom. The fourth-order valence-corrected chi connectivity index (χ4v) is 1.43. The molecule has 2 aromatic rings. The molecular formula is C10H15N5O. The second kappa shape index (κ2) is 4.80. The Labute approximate surface area is 93.5 Å². The van der Waals surface area contributed by atoms with Gasteiger partial charge in [-0.15, -0.1) is 0 Å². The summed E-state index contributed by atoms with van der Waals surface area (Å²) in [4.78, 5) is 0. The van der Waals surface area contributed by atoms with Gasteiger partial charge in [0.2, 0.25) is 0 Å². The minimum Gasteiger partial charge on any atom is -0.394 e. The normalized spacial score (nSPS) is 10.6. The maximum Gasteiger partial charge on any atom is 0.0815 e. The summed E-state index contributed by atoms with van der Waals surface area (Å²) in [6.45, 7) is 1.29. The van der Waals surface area contributed by atoms with Crippen molar-refractivity contribution in [3.05, 3.63) is 30.4 Å². The number of anilines is 1. The number of aliphatic hydroxyl groups excluding tert-OH is 1. The third kappa shape index (κ3) is 2.60. The van der Waals surface area contributed by atoms with E-state index in [1.165, 1.54) is 0 Å². The van der Waals surface area contributed by atoms with Crippen LogP contribution in [-0.2, 0) is 20.1 Å². The first kappa shape index (κ1) is 10.7. The molecule has 0 aliphatic rings. The summed E-state index contributed by atoms with van der Waals surface area (Å²) in [5.74, 6) is 0. The van der Waals surface area contributed by atoms with Crippen LogP contribution in [0.15, 0.2) is 24.7 Å². The van der Waals surface area contributed by atoms with E-state index in [0.29, 0.717) is 13.1 Å². The molecule has 0 saturated heterocycles. The predicted octanol–water partition coefficient (Wildman–Crippen LogP) is 0.221. The molecule has 2 N–H and O–H groups in total. The van der Waals surface area contributed by atoms with E-state index < -0.39 is 0 Å². The quantitative estimate of drug-likeness (QED) is 0.758. The number of hydrogen-bond donors (Lipinski definition) is 2. The average molecular weight is 221 g/mol. The van der Waals surface area contributed by atoms with E-state index in [2.05, 4.69) is 15.5 Å². The number of aliphatic hydroxyl groups is 1. The highest BCUT2D eigenvalue weighted by Crippen LogP contribution is 2.06.